The van der Waals surface area contributed by atoms with Crippen molar-refractivity contribution in [2.45, 2.75) is 26.2 Å². The van der Waals surface area contributed by atoms with Crippen LogP contribution in [0.2, 0.25) is 0 Å². The summed E-state index contributed by atoms with van der Waals surface area (Å²) in [5, 5.41) is 3.58. The molecule has 1 aliphatic heterocycles. The Hall–Kier alpha value is -0.990. The molecular formula is C10H18N4. The van der Waals surface area contributed by atoms with E-state index >= 15 is 0 Å². The Kier molecular flexibility index (Phi) is 5.12. The third kappa shape index (κ3) is 3.81. The molecular weight excluding hydrogens is 176 g/mol. The van der Waals surface area contributed by atoms with Crippen molar-refractivity contribution in [3.63, 3.8) is 0 Å². The molecule has 1 heterocycles. The topological polar surface area (TPSA) is 52.0 Å². The van der Waals surface area contributed by atoms with Gasteiger partial charge in [-0.05, 0) is 44.8 Å². The summed E-state index contributed by atoms with van der Waals surface area (Å²) >= 11 is 0. The minimum absolute atomic E-state index is 0.529. The monoisotopic (exact) mass is 194 g/mol. The van der Waals surface area contributed by atoms with Crippen molar-refractivity contribution in [3.05, 3.63) is 22.1 Å². The van der Waals surface area contributed by atoms with Gasteiger partial charge in [0.1, 0.15) is 0 Å². The second kappa shape index (κ2) is 6.46. The predicted molar refractivity (Wildman–Crippen MR) is 58.1 cm³/mol. The molecule has 1 aliphatic rings. The zero-order chi connectivity index (χ0) is 10.2. The molecule has 0 atom stereocenters. The zero-order valence-corrected chi connectivity index (χ0v) is 8.82. The third-order valence-electron chi connectivity index (χ3n) is 2.69. The van der Waals surface area contributed by atoms with E-state index in [2.05, 4.69) is 21.0 Å². The number of hydrogen-bond donors (Lipinski definition) is 0. The van der Waals surface area contributed by atoms with Gasteiger partial charge in [-0.25, -0.2) is 0 Å². The lowest BCUT2D eigenvalue weighted by atomic mass is 10.2. The first-order chi connectivity index (χ1) is 6.86. The standard InChI is InChI=1S/C10H18N4/c1-2-10(9-12-13-11)5-8-14-6-3-4-7-14/h2H,3-9H2,1H3/b10-2-. The van der Waals surface area contributed by atoms with E-state index in [9.17, 15) is 0 Å². The highest BCUT2D eigenvalue weighted by Gasteiger charge is 2.10. The van der Waals surface area contributed by atoms with Crippen LogP contribution in [0.5, 0.6) is 0 Å². The van der Waals surface area contributed by atoms with Crippen molar-refractivity contribution in [1.29, 1.82) is 0 Å². The first kappa shape index (κ1) is 11.1. The number of rotatable bonds is 5. The molecule has 1 saturated heterocycles. The van der Waals surface area contributed by atoms with Crippen LogP contribution in [0.25, 0.3) is 10.4 Å². The predicted octanol–water partition coefficient (Wildman–Crippen LogP) is 2.73. The van der Waals surface area contributed by atoms with Crippen LogP contribution in [0.1, 0.15) is 26.2 Å². The van der Waals surface area contributed by atoms with Gasteiger partial charge in [-0.3, -0.25) is 0 Å². The Morgan fingerprint density at radius 1 is 1.50 bits per heavy atom. The lowest BCUT2D eigenvalue weighted by molar-refractivity contribution is 0.342. The maximum Gasteiger partial charge on any atom is 0.0470 e. The highest BCUT2D eigenvalue weighted by atomic mass is 15.1. The van der Waals surface area contributed by atoms with E-state index in [-0.39, 0.29) is 0 Å². The molecule has 0 N–H and O–H groups in total. The lowest BCUT2D eigenvalue weighted by Crippen LogP contribution is -2.21. The molecule has 14 heavy (non-hydrogen) atoms. The summed E-state index contributed by atoms with van der Waals surface area (Å²) < 4.78 is 0. The fourth-order valence-corrected chi connectivity index (χ4v) is 1.75. The van der Waals surface area contributed by atoms with Crippen LogP contribution in [0.3, 0.4) is 0 Å². The molecule has 0 aromatic carbocycles. The van der Waals surface area contributed by atoms with Gasteiger partial charge < -0.3 is 4.90 Å². The minimum Gasteiger partial charge on any atom is -0.303 e. The molecule has 0 aromatic rings. The molecule has 0 amide bonds. The SMILES string of the molecule is C/C=C(/CCN1CCCC1)CN=[N+]=[N-]. The average Bonchev–Trinajstić information content (AvgIpc) is 2.71. The second-order valence-electron chi connectivity index (χ2n) is 3.63. The van der Waals surface area contributed by atoms with Gasteiger partial charge in [0.2, 0.25) is 0 Å². The smallest absolute Gasteiger partial charge is 0.0470 e. The van der Waals surface area contributed by atoms with E-state index in [0.29, 0.717) is 6.54 Å². The Morgan fingerprint density at radius 3 is 2.79 bits per heavy atom. The largest absolute Gasteiger partial charge is 0.303 e. The van der Waals surface area contributed by atoms with Crippen LogP contribution < -0.4 is 0 Å². The van der Waals surface area contributed by atoms with Crippen molar-refractivity contribution in [2.75, 3.05) is 26.2 Å². The maximum atomic E-state index is 8.21. The molecule has 0 saturated carbocycles. The van der Waals surface area contributed by atoms with Crippen molar-refractivity contribution < 1.29 is 0 Å². The first-order valence-electron chi connectivity index (χ1n) is 5.24. The molecule has 0 unspecified atom stereocenters. The zero-order valence-electron chi connectivity index (χ0n) is 8.82. The van der Waals surface area contributed by atoms with Crippen molar-refractivity contribution in [3.8, 4) is 0 Å². The fourth-order valence-electron chi connectivity index (χ4n) is 1.75. The van der Waals surface area contributed by atoms with Gasteiger partial charge >= 0.3 is 0 Å². The number of nitrogens with zero attached hydrogens (tertiary/aromatic N) is 4. The molecule has 4 heteroatoms. The maximum absolute atomic E-state index is 8.21. The molecule has 78 valence electrons. The van der Waals surface area contributed by atoms with Gasteiger partial charge in [0.25, 0.3) is 0 Å². The number of hydrogen-bond acceptors (Lipinski definition) is 2. The van der Waals surface area contributed by atoms with Crippen LogP contribution in [0.4, 0.5) is 0 Å². The summed E-state index contributed by atoms with van der Waals surface area (Å²) in [7, 11) is 0. The number of allylic oxidation sites excluding steroid dienone is 1. The van der Waals surface area contributed by atoms with E-state index in [1.165, 1.54) is 31.5 Å². The summed E-state index contributed by atoms with van der Waals surface area (Å²) in [6.07, 6.45) is 5.77. The molecule has 1 fully saturated rings. The minimum atomic E-state index is 0.529. The highest BCUT2D eigenvalue weighted by molar-refractivity contribution is 5.03. The Balaban J connectivity index is 2.23. The second-order valence-corrected chi connectivity index (χ2v) is 3.63. The number of likely N-dealkylation sites (tertiary alicyclic amines) is 1. The van der Waals surface area contributed by atoms with Crippen molar-refractivity contribution in [1.82, 2.24) is 4.90 Å². The van der Waals surface area contributed by atoms with E-state index in [1.54, 1.807) is 0 Å². The van der Waals surface area contributed by atoms with Crippen LogP contribution in [0, 0.1) is 0 Å². The van der Waals surface area contributed by atoms with Crippen molar-refractivity contribution >= 4 is 0 Å². The van der Waals surface area contributed by atoms with Gasteiger partial charge in [0, 0.05) is 18.0 Å². The Morgan fingerprint density at radius 2 is 2.21 bits per heavy atom. The fraction of sp³-hybridized carbons (Fsp3) is 0.800. The number of azide groups is 1. The molecule has 0 aliphatic carbocycles. The van der Waals surface area contributed by atoms with Crippen LogP contribution in [0.15, 0.2) is 16.8 Å². The van der Waals surface area contributed by atoms with E-state index < -0.39 is 0 Å². The van der Waals surface area contributed by atoms with Gasteiger partial charge in [-0.1, -0.05) is 16.8 Å². The highest BCUT2D eigenvalue weighted by Crippen LogP contribution is 2.10. The molecule has 0 radical (unpaired) electrons. The lowest BCUT2D eigenvalue weighted by Gasteiger charge is -2.14. The van der Waals surface area contributed by atoms with Gasteiger partial charge in [-0.2, -0.15) is 0 Å². The quantitative estimate of drug-likeness (QED) is 0.287. The molecule has 4 nitrogen and oxygen atoms in total. The normalized spacial score (nSPS) is 18.2. The van der Waals surface area contributed by atoms with E-state index in [1.807, 2.05) is 6.92 Å². The van der Waals surface area contributed by atoms with Gasteiger partial charge in [0.05, 0.1) is 0 Å². The third-order valence-corrected chi connectivity index (χ3v) is 2.69. The average molecular weight is 194 g/mol. The summed E-state index contributed by atoms with van der Waals surface area (Å²) in [4.78, 5) is 5.25. The van der Waals surface area contributed by atoms with Crippen molar-refractivity contribution in [2.24, 2.45) is 5.11 Å². The van der Waals surface area contributed by atoms with Crippen LogP contribution >= 0.6 is 0 Å². The Bertz CT molecular complexity index is 235. The molecule has 0 spiro atoms. The molecule has 0 aromatic heterocycles. The van der Waals surface area contributed by atoms with Crippen LogP contribution in [-0.4, -0.2) is 31.1 Å². The molecule has 0 bridgehead atoms. The summed E-state index contributed by atoms with van der Waals surface area (Å²) in [5.41, 5.74) is 9.46. The van der Waals surface area contributed by atoms with Crippen LogP contribution in [-0.2, 0) is 0 Å². The summed E-state index contributed by atoms with van der Waals surface area (Å²) in [5.74, 6) is 0. The summed E-state index contributed by atoms with van der Waals surface area (Å²) in [6, 6.07) is 0. The van der Waals surface area contributed by atoms with Gasteiger partial charge in [-0.15, -0.1) is 0 Å². The van der Waals surface area contributed by atoms with E-state index in [4.69, 9.17) is 5.53 Å². The van der Waals surface area contributed by atoms with E-state index in [0.717, 1.165) is 13.0 Å². The Labute approximate surface area is 85.2 Å². The molecule has 1 rings (SSSR count). The van der Waals surface area contributed by atoms with Gasteiger partial charge in [0.15, 0.2) is 0 Å². The first-order valence-corrected chi connectivity index (χ1v) is 5.24. The summed E-state index contributed by atoms with van der Waals surface area (Å²) in [6.45, 7) is 6.12.